The predicted molar refractivity (Wildman–Crippen MR) is 116 cm³/mol. The zero-order chi connectivity index (χ0) is 20.5. The van der Waals surface area contributed by atoms with Gasteiger partial charge >= 0.3 is 0 Å². The van der Waals surface area contributed by atoms with Crippen LogP contribution < -0.4 is 9.47 Å². The maximum absolute atomic E-state index is 10.1. The van der Waals surface area contributed by atoms with Crippen LogP contribution in [0.1, 0.15) is 43.7 Å². The largest absolute Gasteiger partial charge is 0.497 e. The Balaban J connectivity index is 1.63. The Labute approximate surface area is 176 Å². The highest BCUT2D eigenvalue weighted by atomic mass is 16.5. The molecular weight excluding hydrogens is 376 g/mol. The summed E-state index contributed by atoms with van der Waals surface area (Å²) in [6.07, 6.45) is 5.54. The molecule has 0 N–H and O–H groups in total. The van der Waals surface area contributed by atoms with Crippen LogP contribution in [0, 0.1) is 11.3 Å². The van der Waals surface area contributed by atoms with Gasteiger partial charge in [0.05, 0.1) is 37.1 Å². The molecule has 30 heavy (non-hydrogen) atoms. The van der Waals surface area contributed by atoms with Gasteiger partial charge in [-0.3, -0.25) is 0 Å². The van der Waals surface area contributed by atoms with E-state index in [1.807, 2.05) is 36.4 Å². The maximum Gasteiger partial charge on any atom is 0.121 e. The highest BCUT2D eigenvalue weighted by Crippen LogP contribution is 2.43. The van der Waals surface area contributed by atoms with Crippen LogP contribution in [0.4, 0.5) is 0 Å². The van der Waals surface area contributed by atoms with Gasteiger partial charge in [0, 0.05) is 30.3 Å². The third kappa shape index (κ3) is 3.32. The first-order valence-electron chi connectivity index (χ1n) is 10.8. The highest BCUT2D eigenvalue weighted by molar-refractivity contribution is 5.95. The molecular formula is C25H26N2O3. The fraction of sp³-hybridized carbons (Fsp3) is 0.400. The number of nitriles is 1. The minimum Gasteiger partial charge on any atom is -0.497 e. The number of fused-ring (bicyclic) bond motifs is 1. The van der Waals surface area contributed by atoms with Gasteiger partial charge in [0.1, 0.15) is 23.7 Å². The van der Waals surface area contributed by atoms with Crippen molar-refractivity contribution in [3.63, 3.8) is 0 Å². The fourth-order valence-corrected chi connectivity index (χ4v) is 4.52. The third-order valence-corrected chi connectivity index (χ3v) is 6.36. The summed E-state index contributed by atoms with van der Waals surface area (Å²) < 4.78 is 19.4. The van der Waals surface area contributed by atoms with E-state index in [1.165, 1.54) is 6.42 Å². The number of aromatic nitrogens is 1. The molecule has 0 bridgehead atoms. The second-order valence-corrected chi connectivity index (χ2v) is 8.13. The van der Waals surface area contributed by atoms with Crippen molar-refractivity contribution in [2.45, 2.75) is 44.2 Å². The highest BCUT2D eigenvalue weighted by Gasteiger charge is 2.28. The van der Waals surface area contributed by atoms with Crippen molar-refractivity contribution < 1.29 is 14.2 Å². The third-order valence-electron chi connectivity index (χ3n) is 6.36. The molecule has 5 heteroatoms. The summed E-state index contributed by atoms with van der Waals surface area (Å²) in [4.78, 5) is 0. The van der Waals surface area contributed by atoms with Crippen LogP contribution in [-0.2, 0) is 4.74 Å². The minimum atomic E-state index is 0.194. The lowest BCUT2D eigenvalue weighted by Crippen LogP contribution is -2.25. The summed E-state index contributed by atoms with van der Waals surface area (Å²) in [6.45, 7) is 1.51. The van der Waals surface area contributed by atoms with Crippen LogP contribution in [0.3, 0.4) is 0 Å². The van der Waals surface area contributed by atoms with Gasteiger partial charge in [0.25, 0.3) is 0 Å². The van der Waals surface area contributed by atoms with Crippen molar-refractivity contribution >= 4 is 10.9 Å². The monoisotopic (exact) mass is 402 g/mol. The molecule has 1 aliphatic heterocycles. The van der Waals surface area contributed by atoms with E-state index in [9.17, 15) is 5.26 Å². The number of hydrogen-bond acceptors (Lipinski definition) is 4. The molecule has 2 aromatic carbocycles. The normalized spacial score (nSPS) is 17.5. The quantitative estimate of drug-likeness (QED) is 0.568. The molecule has 1 aromatic heterocycles. The molecule has 0 unspecified atom stereocenters. The first-order valence-corrected chi connectivity index (χ1v) is 10.8. The van der Waals surface area contributed by atoms with Crippen molar-refractivity contribution in [3.8, 4) is 28.8 Å². The molecule has 3 aromatic rings. The fourth-order valence-electron chi connectivity index (χ4n) is 4.52. The second kappa shape index (κ2) is 8.04. The van der Waals surface area contributed by atoms with Crippen molar-refractivity contribution in [2.24, 2.45) is 0 Å². The molecule has 2 aliphatic rings. The van der Waals surface area contributed by atoms with Crippen LogP contribution in [0.15, 0.2) is 42.5 Å². The van der Waals surface area contributed by atoms with Crippen molar-refractivity contribution in [1.29, 1.82) is 5.26 Å². The van der Waals surface area contributed by atoms with Gasteiger partial charge in [0.15, 0.2) is 0 Å². The Hall–Kier alpha value is -2.97. The number of methoxy groups -OCH3 is 1. The van der Waals surface area contributed by atoms with E-state index in [0.717, 1.165) is 78.1 Å². The molecule has 1 aliphatic carbocycles. The zero-order valence-electron chi connectivity index (χ0n) is 17.3. The number of ether oxygens (including phenoxy) is 3. The van der Waals surface area contributed by atoms with E-state index >= 15 is 0 Å². The molecule has 0 atom stereocenters. The molecule has 0 spiro atoms. The van der Waals surface area contributed by atoms with Gasteiger partial charge in [-0.15, -0.1) is 0 Å². The average molecular weight is 402 g/mol. The Bertz CT molecular complexity index is 1080. The number of hydrogen-bond donors (Lipinski definition) is 0. The molecule has 5 rings (SSSR count). The summed E-state index contributed by atoms with van der Waals surface area (Å²) >= 11 is 0. The summed E-state index contributed by atoms with van der Waals surface area (Å²) in [5.41, 5.74) is 3.87. The van der Waals surface area contributed by atoms with Crippen LogP contribution in [0.5, 0.6) is 11.5 Å². The standard InChI is InChI=1S/C25H26N2O3/c1-28-19-7-5-17(6-8-19)25-23(16-26)22-10-9-21(30-20-11-13-29-14-12-20)15-24(22)27(25)18-3-2-4-18/h5-10,15,18,20H,2-4,11-14H2,1H3. The van der Waals surface area contributed by atoms with Gasteiger partial charge in [-0.05, 0) is 61.2 Å². The van der Waals surface area contributed by atoms with Gasteiger partial charge in [0.2, 0.25) is 0 Å². The molecule has 0 amide bonds. The molecule has 5 nitrogen and oxygen atoms in total. The van der Waals surface area contributed by atoms with Crippen molar-refractivity contribution in [1.82, 2.24) is 4.57 Å². The molecule has 1 saturated carbocycles. The SMILES string of the molecule is COc1ccc(-c2c(C#N)c3ccc(OC4CCOCC4)cc3n2C2CCC2)cc1. The van der Waals surface area contributed by atoms with E-state index in [0.29, 0.717) is 6.04 Å². The summed E-state index contributed by atoms with van der Waals surface area (Å²) in [5, 5.41) is 11.1. The Morgan fingerprint density at radius 2 is 1.73 bits per heavy atom. The Kier molecular flexibility index (Phi) is 5.10. The van der Waals surface area contributed by atoms with Crippen LogP contribution in [0.25, 0.3) is 22.2 Å². The summed E-state index contributed by atoms with van der Waals surface area (Å²) in [5.74, 6) is 1.69. The van der Waals surface area contributed by atoms with E-state index in [2.05, 4.69) is 16.7 Å². The molecule has 154 valence electrons. The number of nitrogens with zero attached hydrogens (tertiary/aromatic N) is 2. The Morgan fingerprint density at radius 1 is 1.00 bits per heavy atom. The lowest BCUT2D eigenvalue weighted by atomic mass is 9.92. The molecule has 2 heterocycles. The predicted octanol–water partition coefficient (Wildman–Crippen LogP) is 5.47. The van der Waals surface area contributed by atoms with E-state index in [4.69, 9.17) is 14.2 Å². The molecule has 0 radical (unpaired) electrons. The van der Waals surface area contributed by atoms with E-state index < -0.39 is 0 Å². The average Bonchev–Trinajstić information content (AvgIpc) is 3.07. The second-order valence-electron chi connectivity index (χ2n) is 8.13. The summed E-state index contributed by atoms with van der Waals surface area (Å²) in [7, 11) is 1.67. The lowest BCUT2D eigenvalue weighted by molar-refractivity contribution is 0.0256. The topological polar surface area (TPSA) is 56.4 Å². The van der Waals surface area contributed by atoms with Crippen molar-refractivity contribution in [3.05, 3.63) is 48.0 Å². The van der Waals surface area contributed by atoms with Crippen LogP contribution in [0.2, 0.25) is 0 Å². The maximum atomic E-state index is 10.1. The van der Waals surface area contributed by atoms with E-state index in [-0.39, 0.29) is 6.10 Å². The zero-order valence-corrected chi connectivity index (χ0v) is 17.3. The number of rotatable bonds is 5. The van der Waals surface area contributed by atoms with Crippen LogP contribution >= 0.6 is 0 Å². The van der Waals surface area contributed by atoms with Gasteiger partial charge in [-0.2, -0.15) is 5.26 Å². The van der Waals surface area contributed by atoms with Gasteiger partial charge in [-0.1, -0.05) is 0 Å². The van der Waals surface area contributed by atoms with Crippen LogP contribution in [-0.4, -0.2) is 31.0 Å². The first-order chi connectivity index (χ1) is 14.8. The van der Waals surface area contributed by atoms with E-state index in [1.54, 1.807) is 7.11 Å². The minimum absolute atomic E-state index is 0.194. The van der Waals surface area contributed by atoms with Crippen molar-refractivity contribution in [2.75, 3.05) is 20.3 Å². The first kappa shape index (κ1) is 19.0. The lowest BCUT2D eigenvalue weighted by Gasteiger charge is -2.30. The molecule has 1 saturated heterocycles. The number of benzene rings is 2. The summed E-state index contributed by atoms with van der Waals surface area (Å²) in [6, 6.07) is 17.1. The smallest absolute Gasteiger partial charge is 0.121 e. The molecule has 2 fully saturated rings. The Morgan fingerprint density at radius 3 is 2.37 bits per heavy atom. The van der Waals surface area contributed by atoms with Gasteiger partial charge in [-0.25, -0.2) is 0 Å². The van der Waals surface area contributed by atoms with Gasteiger partial charge < -0.3 is 18.8 Å².